The first-order valence-electron chi connectivity index (χ1n) is 8.32. The lowest BCUT2D eigenvalue weighted by Crippen LogP contribution is -2.11. The van der Waals surface area contributed by atoms with Crippen molar-refractivity contribution in [2.45, 2.75) is 20.0 Å². The Kier molecular flexibility index (Phi) is 4.41. The number of esters is 1. The van der Waals surface area contributed by atoms with E-state index in [0.29, 0.717) is 33.3 Å². The summed E-state index contributed by atoms with van der Waals surface area (Å²) in [5.41, 5.74) is 1.59. The fraction of sp³-hybridized carbons (Fsp3) is 0.211. The maximum absolute atomic E-state index is 12.5. The molecule has 0 spiro atoms. The molecule has 1 aliphatic heterocycles. The van der Waals surface area contributed by atoms with E-state index in [1.54, 1.807) is 50.2 Å². The molecular weight excluding hydrogens is 368 g/mol. The van der Waals surface area contributed by atoms with Crippen LogP contribution >= 0.6 is 11.3 Å². The second-order valence-corrected chi connectivity index (χ2v) is 7.21. The molecular formula is C19H16N2O5S. The minimum absolute atomic E-state index is 0.153. The second kappa shape index (κ2) is 6.88. The van der Waals surface area contributed by atoms with Crippen molar-refractivity contribution in [3.05, 3.63) is 47.5 Å². The molecule has 0 saturated heterocycles. The van der Waals surface area contributed by atoms with Crippen molar-refractivity contribution >= 4 is 38.6 Å². The number of fused-ring (bicyclic) bond motifs is 2. The molecule has 2 aromatic carbocycles. The number of hydrogen-bond acceptors (Lipinski definition) is 7. The van der Waals surface area contributed by atoms with Gasteiger partial charge in [-0.05, 0) is 50.2 Å². The number of hydrogen-bond donors (Lipinski definition) is 1. The Morgan fingerprint density at radius 1 is 1.11 bits per heavy atom. The maximum Gasteiger partial charge on any atom is 0.338 e. The van der Waals surface area contributed by atoms with E-state index in [0.717, 1.165) is 4.70 Å². The molecule has 0 atom stereocenters. The summed E-state index contributed by atoms with van der Waals surface area (Å²) >= 11 is 1.29. The molecule has 7 nitrogen and oxygen atoms in total. The third-order valence-electron chi connectivity index (χ3n) is 3.82. The van der Waals surface area contributed by atoms with E-state index in [2.05, 4.69) is 10.3 Å². The zero-order chi connectivity index (χ0) is 19.0. The number of rotatable bonds is 4. The van der Waals surface area contributed by atoms with Crippen molar-refractivity contribution < 1.29 is 23.8 Å². The van der Waals surface area contributed by atoms with Gasteiger partial charge in [0.25, 0.3) is 5.91 Å². The second-order valence-electron chi connectivity index (χ2n) is 6.18. The molecule has 0 bridgehead atoms. The Morgan fingerprint density at radius 3 is 2.70 bits per heavy atom. The molecule has 138 valence electrons. The summed E-state index contributed by atoms with van der Waals surface area (Å²) in [6, 6.07) is 10.1. The highest BCUT2D eigenvalue weighted by atomic mass is 32.1. The van der Waals surface area contributed by atoms with Crippen LogP contribution in [-0.2, 0) is 4.74 Å². The Labute approximate surface area is 158 Å². The summed E-state index contributed by atoms with van der Waals surface area (Å²) < 4.78 is 16.5. The van der Waals surface area contributed by atoms with Gasteiger partial charge in [0.2, 0.25) is 6.79 Å². The van der Waals surface area contributed by atoms with Crippen molar-refractivity contribution in [2.24, 2.45) is 0 Å². The zero-order valence-electron chi connectivity index (χ0n) is 14.6. The molecule has 8 heteroatoms. The first-order chi connectivity index (χ1) is 13.0. The molecule has 0 aliphatic carbocycles. The van der Waals surface area contributed by atoms with Crippen LogP contribution in [0.1, 0.15) is 34.6 Å². The van der Waals surface area contributed by atoms with Gasteiger partial charge in [-0.3, -0.25) is 10.1 Å². The van der Waals surface area contributed by atoms with Gasteiger partial charge in [0.05, 0.1) is 21.9 Å². The van der Waals surface area contributed by atoms with Crippen LogP contribution in [0.25, 0.3) is 10.2 Å². The fourth-order valence-electron chi connectivity index (χ4n) is 2.59. The third-order valence-corrected chi connectivity index (χ3v) is 4.76. The highest BCUT2D eigenvalue weighted by Gasteiger charge is 2.18. The summed E-state index contributed by atoms with van der Waals surface area (Å²) in [6.45, 7) is 3.75. The van der Waals surface area contributed by atoms with Crippen LogP contribution in [0.5, 0.6) is 11.5 Å². The molecule has 0 radical (unpaired) electrons. The predicted molar refractivity (Wildman–Crippen MR) is 101 cm³/mol. The third kappa shape index (κ3) is 3.56. The molecule has 2 heterocycles. The van der Waals surface area contributed by atoms with Crippen LogP contribution in [-0.4, -0.2) is 29.8 Å². The Bertz CT molecular complexity index is 1040. The maximum atomic E-state index is 12.5. The summed E-state index contributed by atoms with van der Waals surface area (Å²) in [7, 11) is 0. The number of anilines is 1. The lowest BCUT2D eigenvalue weighted by Gasteiger charge is -2.07. The van der Waals surface area contributed by atoms with Crippen LogP contribution in [0, 0.1) is 0 Å². The summed E-state index contributed by atoms with van der Waals surface area (Å²) in [6.07, 6.45) is -0.189. The minimum Gasteiger partial charge on any atom is -0.459 e. The van der Waals surface area contributed by atoms with Crippen LogP contribution < -0.4 is 14.8 Å². The van der Waals surface area contributed by atoms with E-state index in [9.17, 15) is 9.59 Å². The normalized spacial score (nSPS) is 12.4. The number of thiazole rings is 1. The highest BCUT2D eigenvalue weighted by Crippen LogP contribution is 2.33. The van der Waals surface area contributed by atoms with E-state index in [1.165, 1.54) is 11.3 Å². The molecule has 0 fully saturated rings. The van der Waals surface area contributed by atoms with Crippen LogP contribution in [0.2, 0.25) is 0 Å². The predicted octanol–water partition coefficient (Wildman–Crippen LogP) is 3.84. The number of carbonyl (C=O) groups is 2. The molecule has 1 amide bonds. The minimum atomic E-state index is -0.383. The van der Waals surface area contributed by atoms with Gasteiger partial charge < -0.3 is 14.2 Å². The fourth-order valence-corrected chi connectivity index (χ4v) is 3.49. The Hall–Kier alpha value is -3.13. The molecule has 3 aromatic rings. The van der Waals surface area contributed by atoms with Crippen LogP contribution in [0.3, 0.4) is 0 Å². The van der Waals surface area contributed by atoms with Crippen molar-refractivity contribution in [2.75, 3.05) is 12.1 Å². The molecule has 0 unspecified atom stereocenters. The summed E-state index contributed by atoms with van der Waals surface area (Å²) in [5, 5.41) is 3.22. The van der Waals surface area contributed by atoms with Crippen molar-refractivity contribution in [1.29, 1.82) is 0 Å². The Balaban J connectivity index is 1.53. The SMILES string of the molecule is CC(C)OC(=O)c1ccc2nc(NC(=O)c3ccc4c(c3)OCO4)sc2c1. The summed E-state index contributed by atoms with van der Waals surface area (Å²) in [4.78, 5) is 28.9. The van der Waals surface area contributed by atoms with Gasteiger partial charge in [-0.15, -0.1) is 0 Å². The van der Waals surface area contributed by atoms with Crippen molar-refractivity contribution in [1.82, 2.24) is 4.98 Å². The largest absolute Gasteiger partial charge is 0.459 e. The zero-order valence-corrected chi connectivity index (χ0v) is 15.5. The van der Waals surface area contributed by atoms with Crippen molar-refractivity contribution in [3.8, 4) is 11.5 Å². The van der Waals surface area contributed by atoms with Gasteiger partial charge in [-0.2, -0.15) is 0 Å². The first-order valence-corrected chi connectivity index (χ1v) is 9.14. The van der Waals surface area contributed by atoms with E-state index >= 15 is 0 Å². The molecule has 27 heavy (non-hydrogen) atoms. The molecule has 0 saturated carbocycles. The smallest absolute Gasteiger partial charge is 0.338 e. The van der Waals surface area contributed by atoms with Crippen molar-refractivity contribution in [3.63, 3.8) is 0 Å². The number of nitrogens with one attached hydrogen (secondary N) is 1. The van der Waals surface area contributed by atoms with E-state index < -0.39 is 0 Å². The lowest BCUT2D eigenvalue weighted by molar-refractivity contribution is 0.0378. The summed E-state index contributed by atoms with van der Waals surface area (Å²) in [5.74, 6) is 0.477. The van der Waals surface area contributed by atoms with Gasteiger partial charge in [0, 0.05) is 5.56 Å². The molecule has 1 N–H and O–H groups in total. The van der Waals surface area contributed by atoms with Gasteiger partial charge >= 0.3 is 5.97 Å². The number of carbonyl (C=O) groups excluding carboxylic acids is 2. The molecule has 4 rings (SSSR count). The average molecular weight is 384 g/mol. The van der Waals surface area contributed by atoms with Gasteiger partial charge in [-0.1, -0.05) is 11.3 Å². The first kappa shape index (κ1) is 17.3. The number of amides is 1. The standard InChI is InChI=1S/C19H16N2O5S/c1-10(2)26-18(23)12-3-5-13-16(8-12)27-19(20-13)21-17(22)11-4-6-14-15(7-11)25-9-24-14/h3-8,10H,9H2,1-2H3,(H,20,21,22). The van der Waals surface area contributed by atoms with Gasteiger partial charge in [0.15, 0.2) is 16.6 Å². The Morgan fingerprint density at radius 2 is 1.89 bits per heavy atom. The van der Waals surface area contributed by atoms with Crippen LogP contribution in [0.15, 0.2) is 36.4 Å². The van der Waals surface area contributed by atoms with E-state index in [4.69, 9.17) is 14.2 Å². The number of aromatic nitrogens is 1. The molecule has 1 aliphatic rings. The lowest BCUT2D eigenvalue weighted by atomic mass is 10.2. The van der Waals surface area contributed by atoms with E-state index in [1.807, 2.05) is 0 Å². The highest BCUT2D eigenvalue weighted by molar-refractivity contribution is 7.22. The van der Waals surface area contributed by atoms with Gasteiger partial charge in [-0.25, -0.2) is 9.78 Å². The van der Waals surface area contributed by atoms with Crippen LogP contribution in [0.4, 0.5) is 5.13 Å². The topological polar surface area (TPSA) is 86.8 Å². The number of benzene rings is 2. The number of ether oxygens (including phenoxy) is 3. The average Bonchev–Trinajstić information content (AvgIpc) is 3.25. The molecule has 1 aromatic heterocycles. The quantitative estimate of drug-likeness (QED) is 0.688. The number of nitrogens with zero attached hydrogens (tertiary/aromatic N) is 1. The van der Waals surface area contributed by atoms with E-state index in [-0.39, 0.29) is 24.8 Å². The monoisotopic (exact) mass is 384 g/mol. The van der Waals surface area contributed by atoms with Gasteiger partial charge in [0.1, 0.15) is 0 Å².